The number of aromatic nitrogens is 1. The van der Waals surface area contributed by atoms with E-state index >= 15 is 0 Å². The number of hydrogen-bond acceptors (Lipinski definition) is 5. The second-order valence-corrected chi connectivity index (χ2v) is 4.73. The Balaban J connectivity index is 1.86. The van der Waals surface area contributed by atoms with E-state index in [0.29, 0.717) is 23.0 Å². The lowest BCUT2D eigenvalue weighted by molar-refractivity contribution is -0.137. The quantitative estimate of drug-likeness (QED) is 0.797. The van der Waals surface area contributed by atoms with Crippen molar-refractivity contribution < 1.29 is 19.1 Å². The average molecular weight is 292 g/mol. The first-order valence-corrected chi connectivity index (χ1v) is 6.70. The molecular weight excluding hydrogens is 280 g/mol. The number of thiazole rings is 1. The molecule has 2 aromatic rings. The molecule has 2 N–H and O–H groups in total. The van der Waals surface area contributed by atoms with Crippen LogP contribution in [-0.4, -0.2) is 22.0 Å². The number of carboxylic acid groups (broad SMARTS) is 1. The summed E-state index contributed by atoms with van der Waals surface area (Å²) < 4.78 is 5.06. The molecule has 0 saturated heterocycles. The average Bonchev–Trinajstić information content (AvgIpc) is 3.05. The number of hydrogen-bond donors (Lipinski definition) is 2. The highest BCUT2D eigenvalue weighted by molar-refractivity contribution is 7.13. The number of aliphatic carboxylic acids is 1. The van der Waals surface area contributed by atoms with Gasteiger partial charge in [-0.05, 0) is 18.2 Å². The van der Waals surface area contributed by atoms with E-state index in [4.69, 9.17) is 9.52 Å². The molecule has 0 unspecified atom stereocenters. The summed E-state index contributed by atoms with van der Waals surface area (Å²) in [5, 5.41) is 13.4. The lowest BCUT2D eigenvalue weighted by Crippen LogP contribution is -2.07. The van der Waals surface area contributed by atoms with E-state index < -0.39 is 5.97 Å². The normalized spacial score (nSPS) is 10.8. The first-order chi connectivity index (χ1) is 9.63. The van der Waals surface area contributed by atoms with Crippen LogP contribution in [0, 0.1) is 0 Å². The van der Waals surface area contributed by atoms with Gasteiger partial charge >= 0.3 is 5.97 Å². The van der Waals surface area contributed by atoms with E-state index in [0.717, 1.165) is 0 Å². The zero-order valence-electron chi connectivity index (χ0n) is 10.4. The summed E-state index contributed by atoms with van der Waals surface area (Å²) in [5.41, 5.74) is 0.655. The van der Waals surface area contributed by atoms with Gasteiger partial charge in [-0.3, -0.25) is 14.9 Å². The van der Waals surface area contributed by atoms with Crippen LogP contribution in [0.5, 0.6) is 0 Å². The van der Waals surface area contributed by atoms with Gasteiger partial charge in [0.15, 0.2) is 5.13 Å². The largest absolute Gasteiger partial charge is 0.481 e. The first kappa shape index (κ1) is 14.0. The van der Waals surface area contributed by atoms with E-state index in [1.807, 2.05) is 0 Å². The molecule has 0 aliphatic heterocycles. The van der Waals surface area contributed by atoms with Crippen LogP contribution in [0.25, 0.3) is 6.08 Å². The molecule has 0 spiro atoms. The second kappa shape index (κ2) is 6.67. The van der Waals surface area contributed by atoms with Crippen molar-refractivity contribution in [3.05, 3.63) is 41.3 Å². The summed E-state index contributed by atoms with van der Waals surface area (Å²) in [6, 6.07) is 3.46. The van der Waals surface area contributed by atoms with Crippen molar-refractivity contribution in [3.8, 4) is 0 Å². The molecule has 0 saturated carbocycles. The minimum absolute atomic E-state index is 0.0233. The lowest BCUT2D eigenvalue weighted by atomic mass is 10.2. The van der Waals surface area contributed by atoms with Crippen LogP contribution in [0.1, 0.15) is 17.9 Å². The van der Waals surface area contributed by atoms with Crippen molar-refractivity contribution in [2.75, 3.05) is 5.32 Å². The van der Waals surface area contributed by atoms with Gasteiger partial charge in [0.2, 0.25) is 5.91 Å². The van der Waals surface area contributed by atoms with E-state index in [-0.39, 0.29) is 12.3 Å². The Labute approximate surface area is 118 Å². The number of furan rings is 1. The standard InChI is InChI=1S/C13H12N2O4S/c16-11(5-4-10-2-1-7-19-10)15-13-14-9(8-20-13)3-6-12(17)18/h1-2,4-5,7-8H,3,6H2,(H,17,18)(H,14,15,16)/b5-4+. The minimum Gasteiger partial charge on any atom is -0.481 e. The van der Waals surface area contributed by atoms with Crippen LogP contribution in [0.4, 0.5) is 5.13 Å². The van der Waals surface area contributed by atoms with Gasteiger partial charge < -0.3 is 9.52 Å². The van der Waals surface area contributed by atoms with Gasteiger partial charge in [0.05, 0.1) is 18.4 Å². The van der Waals surface area contributed by atoms with Gasteiger partial charge in [-0.25, -0.2) is 4.98 Å². The molecule has 2 rings (SSSR count). The molecular formula is C13H12N2O4S. The van der Waals surface area contributed by atoms with Gasteiger partial charge in [0, 0.05) is 17.9 Å². The maximum Gasteiger partial charge on any atom is 0.303 e. The molecule has 20 heavy (non-hydrogen) atoms. The maximum absolute atomic E-state index is 11.6. The summed E-state index contributed by atoms with van der Waals surface area (Å²) in [5.74, 6) is -0.605. The van der Waals surface area contributed by atoms with Crippen molar-refractivity contribution in [2.45, 2.75) is 12.8 Å². The summed E-state index contributed by atoms with van der Waals surface area (Å²) in [6.45, 7) is 0. The van der Waals surface area contributed by atoms with Crippen LogP contribution >= 0.6 is 11.3 Å². The third-order valence-electron chi connectivity index (χ3n) is 2.32. The first-order valence-electron chi connectivity index (χ1n) is 5.82. The highest BCUT2D eigenvalue weighted by Crippen LogP contribution is 2.16. The monoisotopic (exact) mass is 292 g/mol. The smallest absolute Gasteiger partial charge is 0.303 e. The molecule has 7 heteroatoms. The number of aryl methyl sites for hydroxylation is 1. The van der Waals surface area contributed by atoms with Gasteiger partial charge in [-0.15, -0.1) is 11.3 Å². The number of anilines is 1. The van der Waals surface area contributed by atoms with Crippen LogP contribution in [0.2, 0.25) is 0 Å². The summed E-state index contributed by atoms with van der Waals surface area (Å²) in [7, 11) is 0. The SMILES string of the molecule is O=C(O)CCc1csc(NC(=O)/C=C/c2ccco2)n1. The van der Waals surface area contributed by atoms with E-state index in [9.17, 15) is 9.59 Å². The number of nitrogens with zero attached hydrogens (tertiary/aromatic N) is 1. The van der Waals surface area contributed by atoms with Crippen LogP contribution in [-0.2, 0) is 16.0 Å². The zero-order chi connectivity index (χ0) is 14.4. The highest BCUT2D eigenvalue weighted by Gasteiger charge is 2.06. The number of carbonyl (C=O) groups is 2. The van der Waals surface area contributed by atoms with E-state index in [1.165, 1.54) is 23.7 Å². The number of amides is 1. The van der Waals surface area contributed by atoms with Crippen molar-refractivity contribution in [1.29, 1.82) is 0 Å². The molecule has 1 amide bonds. The van der Waals surface area contributed by atoms with Crippen LogP contribution in [0.15, 0.2) is 34.3 Å². The molecule has 6 nitrogen and oxygen atoms in total. The predicted octanol–water partition coefficient (Wildman–Crippen LogP) is 2.41. The predicted molar refractivity (Wildman–Crippen MR) is 74.4 cm³/mol. The maximum atomic E-state index is 11.6. The Morgan fingerprint density at radius 1 is 1.50 bits per heavy atom. The fourth-order valence-electron chi connectivity index (χ4n) is 1.41. The summed E-state index contributed by atoms with van der Waals surface area (Å²) >= 11 is 1.26. The molecule has 0 atom stereocenters. The third-order valence-corrected chi connectivity index (χ3v) is 3.13. The Morgan fingerprint density at radius 2 is 2.35 bits per heavy atom. The number of carbonyl (C=O) groups excluding carboxylic acids is 1. The Kier molecular flexibility index (Phi) is 4.67. The lowest BCUT2D eigenvalue weighted by Gasteiger charge is -1.95. The molecule has 0 aromatic carbocycles. The summed E-state index contributed by atoms with van der Waals surface area (Å²) in [6.07, 6.45) is 4.79. The van der Waals surface area contributed by atoms with Crippen molar-refractivity contribution in [2.24, 2.45) is 0 Å². The molecule has 0 aliphatic rings. The Morgan fingerprint density at radius 3 is 3.05 bits per heavy atom. The van der Waals surface area contributed by atoms with Crippen molar-refractivity contribution in [1.82, 2.24) is 4.98 Å². The van der Waals surface area contributed by atoms with Gasteiger partial charge in [-0.1, -0.05) is 0 Å². The molecule has 0 radical (unpaired) electrons. The number of carboxylic acids is 1. The molecule has 2 aromatic heterocycles. The second-order valence-electron chi connectivity index (χ2n) is 3.88. The van der Waals surface area contributed by atoms with Crippen molar-refractivity contribution in [3.63, 3.8) is 0 Å². The number of nitrogens with one attached hydrogen (secondary N) is 1. The molecule has 0 aliphatic carbocycles. The van der Waals surface area contributed by atoms with Crippen LogP contribution in [0.3, 0.4) is 0 Å². The van der Waals surface area contributed by atoms with E-state index in [2.05, 4.69) is 10.3 Å². The van der Waals surface area contributed by atoms with Gasteiger partial charge in [0.1, 0.15) is 5.76 Å². The van der Waals surface area contributed by atoms with Gasteiger partial charge in [0.25, 0.3) is 0 Å². The molecule has 0 fully saturated rings. The Bertz CT molecular complexity index is 616. The zero-order valence-corrected chi connectivity index (χ0v) is 11.2. The molecule has 104 valence electrons. The fraction of sp³-hybridized carbons (Fsp3) is 0.154. The minimum atomic E-state index is -0.870. The van der Waals surface area contributed by atoms with Crippen LogP contribution < -0.4 is 5.32 Å². The van der Waals surface area contributed by atoms with Crippen molar-refractivity contribution >= 4 is 34.4 Å². The fourth-order valence-corrected chi connectivity index (χ4v) is 2.15. The third kappa shape index (κ3) is 4.36. The number of rotatable bonds is 6. The van der Waals surface area contributed by atoms with Gasteiger partial charge in [-0.2, -0.15) is 0 Å². The Hall–Kier alpha value is -2.41. The van der Waals surface area contributed by atoms with E-state index in [1.54, 1.807) is 23.6 Å². The summed E-state index contributed by atoms with van der Waals surface area (Å²) in [4.78, 5) is 26.2. The molecule has 0 bridgehead atoms. The highest BCUT2D eigenvalue weighted by atomic mass is 32.1. The topological polar surface area (TPSA) is 92.4 Å². The molecule has 2 heterocycles.